The van der Waals surface area contributed by atoms with E-state index in [9.17, 15) is 15.2 Å². The molecule has 1 atom stereocenters. The van der Waals surface area contributed by atoms with Gasteiger partial charge in [-0.15, -0.1) is 0 Å². The maximum Gasteiger partial charge on any atom is 0.271 e. The Hall–Kier alpha value is -1.73. The van der Waals surface area contributed by atoms with Crippen LogP contribution in [-0.4, -0.2) is 34.2 Å². The summed E-state index contributed by atoms with van der Waals surface area (Å²) in [5.74, 6) is 0. The van der Waals surface area contributed by atoms with Crippen LogP contribution in [-0.2, 0) is 0 Å². The van der Waals surface area contributed by atoms with Crippen LogP contribution in [0.3, 0.4) is 0 Å². The Morgan fingerprint density at radius 3 is 3.06 bits per heavy atom. The SMILES string of the molecule is O=[N+]([O-])c1ccc2sc(N3CC[C@H](O)C3)nc2c1. The molecule has 1 aromatic heterocycles. The average Bonchev–Trinajstić information content (AvgIpc) is 2.93. The highest BCUT2D eigenvalue weighted by Gasteiger charge is 2.23. The van der Waals surface area contributed by atoms with Gasteiger partial charge in [0.1, 0.15) is 0 Å². The predicted octanol–water partition coefficient (Wildman–Crippen LogP) is 1.78. The van der Waals surface area contributed by atoms with Crippen molar-refractivity contribution >= 4 is 32.4 Å². The first-order valence-corrected chi connectivity index (χ1v) is 6.43. The van der Waals surface area contributed by atoms with E-state index in [0.29, 0.717) is 12.1 Å². The Morgan fingerprint density at radius 1 is 1.56 bits per heavy atom. The Kier molecular flexibility index (Phi) is 2.64. The van der Waals surface area contributed by atoms with E-state index in [1.54, 1.807) is 6.07 Å². The van der Waals surface area contributed by atoms with Crippen molar-refractivity contribution < 1.29 is 10.0 Å². The molecular weight excluding hydrogens is 254 g/mol. The van der Waals surface area contributed by atoms with E-state index in [4.69, 9.17) is 0 Å². The molecule has 18 heavy (non-hydrogen) atoms. The maximum atomic E-state index is 10.7. The fourth-order valence-electron chi connectivity index (χ4n) is 2.07. The lowest BCUT2D eigenvalue weighted by Crippen LogP contribution is -2.20. The van der Waals surface area contributed by atoms with E-state index in [1.807, 2.05) is 4.90 Å². The lowest BCUT2D eigenvalue weighted by molar-refractivity contribution is -0.384. The van der Waals surface area contributed by atoms with Gasteiger partial charge in [-0.25, -0.2) is 4.98 Å². The lowest BCUT2D eigenvalue weighted by atomic mass is 10.3. The van der Waals surface area contributed by atoms with Gasteiger partial charge >= 0.3 is 0 Å². The minimum Gasteiger partial charge on any atom is -0.391 e. The molecule has 0 saturated carbocycles. The third kappa shape index (κ3) is 1.91. The number of hydrogen-bond donors (Lipinski definition) is 1. The molecule has 2 aromatic rings. The summed E-state index contributed by atoms with van der Waals surface area (Å²) in [4.78, 5) is 16.7. The molecule has 2 heterocycles. The minimum absolute atomic E-state index is 0.0563. The first kappa shape index (κ1) is 11.4. The van der Waals surface area contributed by atoms with Crippen molar-refractivity contribution in [2.24, 2.45) is 0 Å². The highest BCUT2D eigenvalue weighted by molar-refractivity contribution is 7.22. The van der Waals surface area contributed by atoms with Gasteiger partial charge in [0, 0.05) is 25.2 Å². The van der Waals surface area contributed by atoms with Crippen LogP contribution in [0.5, 0.6) is 0 Å². The Balaban J connectivity index is 1.98. The third-order valence-corrected chi connectivity index (χ3v) is 4.10. The van der Waals surface area contributed by atoms with Crippen LogP contribution in [0.15, 0.2) is 18.2 Å². The summed E-state index contributed by atoms with van der Waals surface area (Å²) in [6.45, 7) is 1.37. The first-order valence-electron chi connectivity index (χ1n) is 5.61. The highest BCUT2D eigenvalue weighted by atomic mass is 32.1. The largest absolute Gasteiger partial charge is 0.391 e. The highest BCUT2D eigenvalue weighted by Crippen LogP contribution is 2.32. The van der Waals surface area contributed by atoms with E-state index in [1.165, 1.54) is 23.5 Å². The standard InChI is InChI=1S/C11H11N3O3S/c15-8-3-4-13(6-8)11-12-9-5-7(14(16)17)1-2-10(9)18-11/h1-2,5,8,15H,3-4,6H2/t8-/m0/s1. The molecule has 0 amide bonds. The third-order valence-electron chi connectivity index (χ3n) is 3.00. The van der Waals surface area contributed by atoms with Gasteiger partial charge in [-0.05, 0) is 12.5 Å². The van der Waals surface area contributed by atoms with Gasteiger partial charge in [0.15, 0.2) is 5.13 Å². The summed E-state index contributed by atoms with van der Waals surface area (Å²) in [6.07, 6.45) is 0.446. The van der Waals surface area contributed by atoms with Crippen LogP contribution in [0.1, 0.15) is 6.42 Å². The molecule has 1 fully saturated rings. The molecule has 3 rings (SSSR count). The summed E-state index contributed by atoms with van der Waals surface area (Å²) in [5.41, 5.74) is 0.700. The zero-order valence-corrected chi connectivity index (χ0v) is 10.3. The second-order valence-electron chi connectivity index (χ2n) is 4.29. The Morgan fingerprint density at radius 2 is 2.39 bits per heavy atom. The van der Waals surface area contributed by atoms with E-state index in [0.717, 1.165) is 22.8 Å². The molecule has 0 radical (unpaired) electrons. The monoisotopic (exact) mass is 265 g/mol. The molecule has 0 bridgehead atoms. The number of non-ortho nitro benzene ring substituents is 1. The lowest BCUT2D eigenvalue weighted by Gasteiger charge is -2.12. The van der Waals surface area contributed by atoms with E-state index in [2.05, 4.69) is 4.98 Å². The van der Waals surface area contributed by atoms with Gasteiger partial charge in [-0.2, -0.15) is 0 Å². The van der Waals surface area contributed by atoms with Gasteiger partial charge in [-0.3, -0.25) is 10.1 Å². The zero-order chi connectivity index (χ0) is 12.7. The van der Waals surface area contributed by atoms with Gasteiger partial charge < -0.3 is 10.0 Å². The second-order valence-corrected chi connectivity index (χ2v) is 5.30. The van der Waals surface area contributed by atoms with Gasteiger partial charge in [0.05, 0.1) is 21.2 Å². The molecule has 1 N–H and O–H groups in total. The molecule has 1 saturated heterocycles. The molecule has 0 spiro atoms. The number of rotatable bonds is 2. The van der Waals surface area contributed by atoms with Crippen molar-refractivity contribution in [3.05, 3.63) is 28.3 Å². The molecule has 7 heteroatoms. The summed E-state index contributed by atoms with van der Waals surface area (Å²) >= 11 is 1.50. The summed E-state index contributed by atoms with van der Waals surface area (Å²) in [7, 11) is 0. The molecule has 6 nitrogen and oxygen atoms in total. The fourth-order valence-corrected chi connectivity index (χ4v) is 3.05. The Bertz CT molecular complexity index is 613. The molecule has 0 unspecified atom stereocenters. The number of nitro groups is 1. The van der Waals surface area contributed by atoms with E-state index in [-0.39, 0.29) is 11.8 Å². The van der Waals surface area contributed by atoms with Crippen molar-refractivity contribution in [3.8, 4) is 0 Å². The maximum absolute atomic E-state index is 10.7. The number of hydrogen-bond acceptors (Lipinski definition) is 6. The minimum atomic E-state index is -0.419. The molecule has 0 aliphatic carbocycles. The van der Waals surface area contributed by atoms with Crippen LogP contribution in [0.25, 0.3) is 10.2 Å². The van der Waals surface area contributed by atoms with Gasteiger partial charge in [0.2, 0.25) is 0 Å². The van der Waals surface area contributed by atoms with E-state index < -0.39 is 4.92 Å². The number of nitro benzene ring substituents is 1. The van der Waals surface area contributed by atoms with Crippen molar-refractivity contribution in [3.63, 3.8) is 0 Å². The first-order chi connectivity index (χ1) is 8.63. The van der Waals surface area contributed by atoms with Crippen molar-refractivity contribution in [2.45, 2.75) is 12.5 Å². The smallest absolute Gasteiger partial charge is 0.271 e. The van der Waals surface area contributed by atoms with Crippen molar-refractivity contribution in [2.75, 3.05) is 18.0 Å². The van der Waals surface area contributed by atoms with Gasteiger partial charge in [0.25, 0.3) is 5.69 Å². The number of anilines is 1. The van der Waals surface area contributed by atoms with E-state index >= 15 is 0 Å². The fraction of sp³-hybridized carbons (Fsp3) is 0.364. The van der Waals surface area contributed by atoms with Gasteiger partial charge in [-0.1, -0.05) is 11.3 Å². The summed E-state index contributed by atoms with van der Waals surface area (Å²) in [5, 5.41) is 21.0. The van der Waals surface area contributed by atoms with Crippen molar-refractivity contribution in [1.82, 2.24) is 4.98 Å². The van der Waals surface area contributed by atoms with Crippen LogP contribution in [0.2, 0.25) is 0 Å². The molecular formula is C11H11N3O3S. The summed E-state index contributed by atoms with van der Waals surface area (Å²) < 4.78 is 0.928. The number of fused-ring (bicyclic) bond motifs is 1. The number of aromatic nitrogens is 1. The number of thiazole rings is 1. The zero-order valence-electron chi connectivity index (χ0n) is 9.44. The normalized spacial score (nSPS) is 19.6. The topological polar surface area (TPSA) is 79.5 Å². The quantitative estimate of drug-likeness (QED) is 0.661. The number of nitrogens with zero attached hydrogens (tertiary/aromatic N) is 3. The van der Waals surface area contributed by atoms with Crippen LogP contribution < -0.4 is 4.90 Å². The molecule has 1 aliphatic heterocycles. The number of benzene rings is 1. The number of β-amino-alcohol motifs (C(OH)–C–C–N with tert-alkyl or cyclic N) is 1. The molecule has 94 valence electrons. The molecule has 1 aromatic carbocycles. The number of aliphatic hydroxyl groups excluding tert-OH is 1. The van der Waals surface area contributed by atoms with Crippen LogP contribution in [0, 0.1) is 10.1 Å². The number of aliphatic hydroxyl groups is 1. The second kappa shape index (κ2) is 4.18. The van der Waals surface area contributed by atoms with Crippen LogP contribution in [0.4, 0.5) is 10.8 Å². The predicted molar refractivity (Wildman–Crippen MR) is 69.1 cm³/mol. The molecule has 1 aliphatic rings. The summed E-state index contributed by atoms with van der Waals surface area (Å²) in [6, 6.07) is 4.70. The van der Waals surface area contributed by atoms with Crippen LogP contribution >= 0.6 is 11.3 Å². The van der Waals surface area contributed by atoms with Crippen molar-refractivity contribution in [1.29, 1.82) is 0 Å². The Labute approximate surface area is 107 Å². The average molecular weight is 265 g/mol.